The van der Waals surface area contributed by atoms with Crippen molar-refractivity contribution in [1.29, 1.82) is 0 Å². The summed E-state index contributed by atoms with van der Waals surface area (Å²) in [7, 11) is 0. The van der Waals surface area contributed by atoms with Crippen molar-refractivity contribution in [3.8, 4) is 0 Å². The summed E-state index contributed by atoms with van der Waals surface area (Å²) in [5.41, 5.74) is 2.86. The van der Waals surface area contributed by atoms with Gasteiger partial charge in [0.15, 0.2) is 0 Å². The van der Waals surface area contributed by atoms with E-state index in [4.69, 9.17) is 0 Å². The van der Waals surface area contributed by atoms with E-state index >= 15 is 0 Å². The lowest BCUT2D eigenvalue weighted by Crippen LogP contribution is -1.93. The molecule has 0 N–H and O–H groups in total. The van der Waals surface area contributed by atoms with Crippen molar-refractivity contribution in [1.82, 2.24) is 0 Å². The van der Waals surface area contributed by atoms with Crippen LogP contribution < -0.4 is 0 Å². The molecule has 0 nitrogen and oxygen atoms in total. The van der Waals surface area contributed by atoms with Crippen LogP contribution in [-0.4, -0.2) is 0 Å². The van der Waals surface area contributed by atoms with Crippen LogP contribution in [0.4, 0.5) is 0 Å². The van der Waals surface area contributed by atoms with E-state index in [0.29, 0.717) is 0 Å². The van der Waals surface area contributed by atoms with Crippen LogP contribution in [0.1, 0.15) is 42.7 Å². The second kappa shape index (κ2) is 3.83. The number of halogens is 1. The topological polar surface area (TPSA) is 0 Å². The van der Waals surface area contributed by atoms with Crippen molar-refractivity contribution < 1.29 is 0 Å². The normalized spacial score (nSPS) is 18.0. The summed E-state index contributed by atoms with van der Waals surface area (Å²) in [5, 5.41) is 0. The second-order valence-corrected chi connectivity index (χ2v) is 4.86. The maximum atomic E-state index is 3.66. The summed E-state index contributed by atoms with van der Waals surface area (Å²) >= 11 is 3.66. The molecule has 1 aromatic carbocycles. The van der Waals surface area contributed by atoms with Gasteiger partial charge in [0.2, 0.25) is 0 Å². The first kappa shape index (κ1) is 9.26. The fourth-order valence-corrected chi connectivity index (χ4v) is 3.02. The Morgan fingerprint density at radius 1 is 1.23 bits per heavy atom. The third-order valence-corrected chi connectivity index (χ3v) is 3.64. The molecule has 0 bridgehead atoms. The van der Waals surface area contributed by atoms with Crippen LogP contribution in [0, 0.1) is 6.92 Å². The molecule has 1 fully saturated rings. The zero-order valence-electron chi connectivity index (χ0n) is 8.02. The Bertz CT molecular complexity index is 298. The highest BCUT2D eigenvalue weighted by Crippen LogP contribution is 2.37. The van der Waals surface area contributed by atoms with E-state index in [0.717, 1.165) is 5.92 Å². The Kier molecular flexibility index (Phi) is 2.73. The number of hydrogen-bond acceptors (Lipinski definition) is 0. The first-order valence-corrected chi connectivity index (χ1v) is 5.83. The smallest absolute Gasteiger partial charge is 0.0212 e. The Morgan fingerprint density at radius 2 is 1.92 bits per heavy atom. The predicted molar refractivity (Wildman–Crippen MR) is 60.1 cm³/mol. The van der Waals surface area contributed by atoms with Gasteiger partial charge in [-0.2, -0.15) is 0 Å². The lowest BCUT2D eigenvalue weighted by atomic mass is 9.97. The molecular formula is C12H15Br. The first-order valence-electron chi connectivity index (χ1n) is 5.03. The molecule has 1 heteroatoms. The predicted octanol–water partition coefficient (Wildman–Crippen LogP) is 4.42. The van der Waals surface area contributed by atoms with E-state index in [1.165, 1.54) is 41.3 Å². The monoisotopic (exact) mass is 238 g/mol. The summed E-state index contributed by atoms with van der Waals surface area (Å²) in [6.45, 7) is 2.14. The van der Waals surface area contributed by atoms with E-state index in [-0.39, 0.29) is 0 Å². The lowest BCUT2D eigenvalue weighted by Gasteiger charge is -2.12. The summed E-state index contributed by atoms with van der Waals surface area (Å²) in [6, 6.07) is 6.74. The SMILES string of the molecule is Cc1ccc(C2CCCC2)c(Br)c1. The molecule has 1 aromatic rings. The standard InChI is InChI=1S/C12H15Br/c1-9-6-7-11(12(13)8-9)10-4-2-3-5-10/h6-8,10H,2-5H2,1H3. The van der Waals surface area contributed by atoms with Gasteiger partial charge in [-0.1, -0.05) is 40.9 Å². The van der Waals surface area contributed by atoms with Crippen molar-refractivity contribution in [3.63, 3.8) is 0 Å². The average Bonchev–Trinajstić information content (AvgIpc) is 2.56. The van der Waals surface area contributed by atoms with Crippen LogP contribution in [0.5, 0.6) is 0 Å². The summed E-state index contributed by atoms with van der Waals surface area (Å²) in [5.74, 6) is 0.815. The van der Waals surface area contributed by atoms with Crippen LogP contribution in [0.15, 0.2) is 22.7 Å². The molecule has 0 aliphatic heterocycles. The molecule has 0 unspecified atom stereocenters. The molecule has 0 amide bonds. The molecule has 13 heavy (non-hydrogen) atoms. The van der Waals surface area contributed by atoms with Crippen LogP contribution in [0.3, 0.4) is 0 Å². The summed E-state index contributed by atoms with van der Waals surface area (Å²) < 4.78 is 1.31. The van der Waals surface area contributed by atoms with Crippen LogP contribution >= 0.6 is 15.9 Å². The molecule has 1 saturated carbocycles. The van der Waals surface area contributed by atoms with Gasteiger partial charge in [0, 0.05) is 4.47 Å². The second-order valence-electron chi connectivity index (χ2n) is 4.01. The van der Waals surface area contributed by atoms with E-state index in [1.807, 2.05) is 0 Å². The molecule has 0 saturated heterocycles. The Balaban J connectivity index is 2.29. The molecule has 70 valence electrons. The molecule has 1 aliphatic rings. The van der Waals surface area contributed by atoms with E-state index < -0.39 is 0 Å². The van der Waals surface area contributed by atoms with Gasteiger partial charge in [-0.3, -0.25) is 0 Å². The minimum atomic E-state index is 0.815. The van der Waals surface area contributed by atoms with Gasteiger partial charge in [-0.15, -0.1) is 0 Å². The number of hydrogen-bond donors (Lipinski definition) is 0. The van der Waals surface area contributed by atoms with E-state index in [1.54, 1.807) is 0 Å². The van der Waals surface area contributed by atoms with Gasteiger partial charge in [-0.05, 0) is 42.9 Å². The van der Waals surface area contributed by atoms with E-state index in [9.17, 15) is 0 Å². The molecular weight excluding hydrogens is 224 g/mol. The van der Waals surface area contributed by atoms with Crippen molar-refractivity contribution in [2.24, 2.45) is 0 Å². The van der Waals surface area contributed by atoms with Crippen molar-refractivity contribution in [2.45, 2.75) is 38.5 Å². The molecule has 1 aliphatic carbocycles. The first-order chi connectivity index (χ1) is 6.27. The van der Waals surface area contributed by atoms with Gasteiger partial charge in [0.25, 0.3) is 0 Å². The fraction of sp³-hybridized carbons (Fsp3) is 0.500. The molecule has 0 spiro atoms. The minimum absolute atomic E-state index is 0.815. The highest BCUT2D eigenvalue weighted by Gasteiger charge is 2.18. The van der Waals surface area contributed by atoms with E-state index in [2.05, 4.69) is 41.1 Å². The lowest BCUT2D eigenvalue weighted by molar-refractivity contribution is 0.719. The van der Waals surface area contributed by atoms with Crippen molar-refractivity contribution in [3.05, 3.63) is 33.8 Å². The third-order valence-electron chi connectivity index (χ3n) is 2.95. The maximum Gasteiger partial charge on any atom is 0.0212 e. The number of benzene rings is 1. The Hall–Kier alpha value is -0.300. The van der Waals surface area contributed by atoms with Gasteiger partial charge < -0.3 is 0 Å². The highest BCUT2D eigenvalue weighted by atomic mass is 79.9. The van der Waals surface area contributed by atoms with Gasteiger partial charge in [-0.25, -0.2) is 0 Å². The van der Waals surface area contributed by atoms with Crippen LogP contribution in [0.2, 0.25) is 0 Å². The van der Waals surface area contributed by atoms with Crippen LogP contribution in [-0.2, 0) is 0 Å². The highest BCUT2D eigenvalue weighted by molar-refractivity contribution is 9.10. The fourth-order valence-electron chi connectivity index (χ4n) is 2.20. The van der Waals surface area contributed by atoms with Crippen molar-refractivity contribution in [2.75, 3.05) is 0 Å². The summed E-state index contributed by atoms with van der Waals surface area (Å²) in [6.07, 6.45) is 5.57. The van der Waals surface area contributed by atoms with Gasteiger partial charge in [0.05, 0.1) is 0 Å². The van der Waals surface area contributed by atoms with Crippen molar-refractivity contribution >= 4 is 15.9 Å². The quantitative estimate of drug-likeness (QED) is 0.680. The largest absolute Gasteiger partial charge is 0.0590 e. The maximum absolute atomic E-state index is 3.66. The Morgan fingerprint density at radius 3 is 2.54 bits per heavy atom. The molecule has 0 aromatic heterocycles. The molecule has 2 rings (SSSR count). The molecule has 0 radical (unpaired) electrons. The summed E-state index contributed by atoms with van der Waals surface area (Å²) in [4.78, 5) is 0. The number of aryl methyl sites for hydroxylation is 1. The minimum Gasteiger partial charge on any atom is -0.0590 e. The van der Waals surface area contributed by atoms with Crippen LogP contribution in [0.25, 0.3) is 0 Å². The molecule has 0 heterocycles. The Labute approximate surface area is 88.5 Å². The zero-order chi connectivity index (χ0) is 9.26. The number of rotatable bonds is 1. The van der Waals surface area contributed by atoms with Gasteiger partial charge in [0.1, 0.15) is 0 Å². The zero-order valence-corrected chi connectivity index (χ0v) is 9.60. The average molecular weight is 239 g/mol. The van der Waals surface area contributed by atoms with Gasteiger partial charge >= 0.3 is 0 Å². The molecule has 0 atom stereocenters. The third kappa shape index (κ3) is 1.96.